The number of hydrogen-bond donors (Lipinski definition) is 1. The second kappa shape index (κ2) is 8.20. The van der Waals surface area contributed by atoms with Crippen LogP contribution in [0.1, 0.15) is 41.0 Å². The standard InChI is InChI=1S/C19H34N4O3S/c1-14(2)9-20-18(21-10-16-7-8-27(25,26)12-16)22-11-17(24)23(15(3)4)19(5,6)13-22/h15-16H,1,7-13H2,2-6H3,(H,20,21). The maximum atomic E-state index is 12.8. The van der Waals surface area contributed by atoms with Crippen molar-refractivity contribution in [1.82, 2.24) is 15.1 Å². The molecule has 8 heteroatoms. The number of nitrogens with one attached hydrogen (secondary N) is 1. The van der Waals surface area contributed by atoms with E-state index in [1.54, 1.807) is 0 Å². The van der Waals surface area contributed by atoms with Crippen LogP contribution < -0.4 is 5.32 Å². The topological polar surface area (TPSA) is 82.1 Å². The Balaban J connectivity index is 2.13. The molecule has 1 amide bonds. The molecule has 1 atom stereocenters. The highest BCUT2D eigenvalue weighted by molar-refractivity contribution is 7.91. The van der Waals surface area contributed by atoms with Gasteiger partial charge in [-0.15, -0.1) is 0 Å². The van der Waals surface area contributed by atoms with Gasteiger partial charge in [-0.05, 0) is 47.0 Å². The fourth-order valence-electron chi connectivity index (χ4n) is 4.06. The third-order valence-electron chi connectivity index (χ3n) is 5.02. The van der Waals surface area contributed by atoms with E-state index in [1.807, 2.05) is 30.6 Å². The third kappa shape index (κ3) is 5.70. The number of carbonyl (C=O) groups is 1. The molecule has 2 aliphatic heterocycles. The van der Waals surface area contributed by atoms with Crippen molar-refractivity contribution >= 4 is 21.7 Å². The Morgan fingerprint density at radius 3 is 2.56 bits per heavy atom. The van der Waals surface area contributed by atoms with Crippen LogP contribution in [0.15, 0.2) is 17.1 Å². The van der Waals surface area contributed by atoms with Gasteiger partial charge in [-0.1, -0.05) is 12.2 Å². The van der Waals surface area contributed by atoms with Crippen molar-refractivity contribution in [3.05, 3.63) is 12.2 Å². The molecule has 2 fully saturated rings. The molecule has 7 nitrogen and oxygen atoms in total. The minimum absolute atomic E-state index is 0.0783. The molecule has 2 saturated heterocycles. The monoisotopic (exact) mass is 398 g/mol. The first kappa shape index (κ1) is 21.7. The van der Waals surface area contributed by atoms with Crippen molar-refractivity contribution < 1.29 is 13.2 Å². The van der Waals surface area contributed by atoms with Gasteiger partial charge in [0.2, 0.25) is 5.91 Å². The van der Waals surface area contributed by atoms with Crippen LogP contribution in [0, 0.1) is 5.92 Å². The predicted molar refractivity (Wildman–Crippen MR) is 110 cm³/mol. The summed E-state index contributed by atoms with van der Waals surface area (Å²) in [6.45, 7) is 16.0. The first-order valence-corrected chi connectivity index (χ1v) is 11.4. The van der Waals surface area contributed by atoms with Crippen LogP contribution in [0.2, 0.25) is 0 Å². The van der Waals surface area contributed by atoms with E-state index in [4.69, 9.17) is 0 Å². The molecular weight excluding hydrogens is 364 g/mol. The second-order valence-corrected chi connectivity index (χ2v) is 11.0. The van der Waals surface area contributed by atoms with Gasteiger partial charge < -0.3 is 15.1 Å². The number of hydrogen-bond acceptors (Lipinski definition) is 4. The number of guanidine groups is 1. The smallest absolute Gasteiger partial charge is 0.242 e. The number of piperazine rings is 1. The largest absolute Gasteiger partial charge is 0.356 e. The molecule has 0 aromatic heterocycles. The molecule has 1 unspecified atom stereocenters. The summed E-state index contributed by atoms with van der Waals surface area (Å²) in [4.78, 5) is 21.3. The Morgan fingerprint density at radius 1 is 1.41 bits per heavy atom. The number of nitrogens with zero attached hydrogens (tertiary/aromatic N) is 3. The fraction of sp³-hybridized carbons (Fsp3) is 0.789. The number of carbonyl (C=O) groups excluding carboxylic acids is 1. The van der Waals surface area contributed by atoms with Crippen molar-refractivity contribution in [2.45, 2.75) is 52.6 Å². The van der Waals surface area contributed by atoms with Crippen LogP contribution in [0.4, 0.5) is 0 Å². The molecule has 0 aromatic carbocycles. The molecule has 2 heterocycles. The molecular formula is C19H34N4O3S. The van der Waals surface area contributed by atoms with E-state index >= 15 is 0 Å². The van der Waals surface area contributed by atoms with Crippen molar-refractivity contribution in [2.75, 3.05) is 37.7 Å². The average molecular weight is 399 g/mol. The highest BCUT2D eigenvalue weighted by Crippen LogP contribution is 2.24. The average Bonchev–Trinajstić information content (AvgIpc) is 2.84. The zero-order valence-corrected chi connectivity index (χ0v) is 18.1. The van der Waals surface area contributed by atoms with Gasteiger partial charge in [0.05, 0.1) is 30.1 Å². The maximum absolute atomic E-state index is 12.8. The molecule has 1 N–H and O–H groups in total. The van der Waals surface area contributed by atoms with Gasteiger partial charge in [0.25, 0.3) is 0 Å². The minimum atomic E-state index is -2.91. The summed E-state index contributed by atoms with van der Waals surface area (Å²) in [6, 6.07) is 0.141. The Bertz CT molecular complexity index is 712. The van der Waals surface area contributed by atoms with Gasteiger partial charge in [-0.25, -0.2) is 13.4 Å². The summed E-state index contributed by atoms with van der Waals surface area (Å²) in [5.41, 5.74) is 0.621. The lowest BCUT2D eigenvalue weighted by molar-refractivity contribution is -0.145. The Labute approximate surface area is 163 Å². The SMILES string of the molecule is C=C(C)CN=C(NCC1CCS(=O)(=O)C1)N1CC(=O)N(C(C)C)C(C)(C)C1. The van der Waals surface area contributed by atoms with E-state index in [2.05, 4.69) is 30.7 Å². The quantitative estimate of drug-likeness (QED) is 0.428. The molecule has 27 heavy (non-hydrogen) atoms. The van der Waals surface area contributed by atoms with E-state index < -0.39 is 9.84 Å². The van der Waals surface area contributed by atoms with Crippen LogP contribution in [0.5, 0.6) is 0 Å². The molecule has 0 aromatic rings. The summed E-state index contributed by atoms with van der Waals surface area (Å²) in [6.07, 6.45) is 0.675. The Kier molecular flexibility index (Phi) is 6.60. The Hall–Kier alpha value is -1.57. The van der Waals surface area contributed by atoms with Crippen LogP contribution in [-0.4, -0.2) is 79.3 Å². The van der Waals surface area contributed by atoms with Gasteiger partial charge in [-0.3, -0.25) is 4.79 Å². The molecule has 0 spiro atoms. The summed E-state index contributed by atoms with van der Waals surface area (Å²) < 4.78 is 23.4. The van der Waals surface area contributed by atoms with Crippen LogP contribution >= 0.6 is 0 Å². The first-order chi connectivity index (χ1) is 12.4. The molecule has 2 rings (SSSR count). The van der Waals surface area contributed by atoms with E-state index in [0.29, 0.717) is 32.0 Å². The van der Waals surface area contributed by atoms with Crippen LogP contribution in [-0.2, 0) is 14.6 Å². The van der Waals surface area contributed by atoms with Crippen molar-refractivity contribution in [3.63, 3.8) is 0 Å². The summed E-state index contributed by atoms with van der Waals surface area (Å²) in [5, 5.41) is 3.33. The van der Waals surface area contributed by atoms with Crippen LogP contribution in [0.3, 0.4) is 0 Å². The van der Waals surface area contributed by atoms with Crippen molar-refractivity contribution in [2.24, 2.45) is 10.9 Å². The lowest BCUT2D eigenvalue weighted by Gasteiger charge is -2.49. The predicted octanol–water partition coefficient (Wildman–Crippen LogP) is 1.27. The Morgan fingerprint density at radius 2 is 2.07 bits per heavy atom. The fourth-order valence-corrected chi connectivity index (χ4v) is 5.92. The zero-order chi connectivity index (χ0) is 20.4. The van der Waals surface area contributed by atoms with Crippen molar-refractivity contribution in [3.8, 4) is 0 Å². The number of aliphatic imine (C=N–C) groups is 1. The normalized spacial score (nSPS) is 25.2. The maximum Gasteiger partial charge on any atom is 0.242 e. The molecule has 0 bridgehead atoms. The minimum Gasteiger partial charge on any atom is -0.356 e. The van der Waals surface area contributed by atoms with Gasteiger partial charge in [0, 0.05) is 19.1 Å². The molecule has 0 radical (unpaired) electrons. The second-order valence-electron chi connectivity index (χ2n) is 8.77. The summed E-state index contributed by atoms with van der Waals surface area (Å²) in [7, 11) is -2.91. The van der Waals surface area contributed by atoms with Gasteiger partial charge in [0.1, 0.15) is 0 Å². The molecule has 0 saturated carbocycles. The molecule has 154 valence electrons. The molecule has 0 aliphatic carbocycles. The first-order valence-electron chi connectivity index (χ1n) is 9.61. The highest BCUT2D eigenvalue weighted by atomic mass is 32.2. The van der Waals surface area contributed by atoms with Gasteiger partial charge in [-0.2, -0.15) is 0 Å². The lowest BCUT2D eigenvalue weighted by atomic mass is 9.96. The van der Waals surface area contributed by atoms with Crippen LogP contribution in [0.25, 0.3) is 0 Å². The van der Waals surface area contributed by atoms with Gasteiger partial charge >= 0.3 is 0 Å². The number of rotatable bonds is 5. The summed E-state index contributed by atoms with van der Waals surface area (Å²) >= 11 is 0. The summed E-state index contributed by atoms with van der Waals surface area (Å²) in [5.74, 6) is 1.31. The number of amides is 1. The van der Waals surface area contributed by atoms with E-state index in [9.17, 15) is 13.2 Å². The lowest BCUT2D eigenvalue weighted by Crippen LogP contribution is -2.66. The highest BCUT2D eigenvalue weighted by Gasteiger charge is 2.41. The molecule has 2 aliphatic rings. The van der Waals surface area contributed by atoms with E-state index in [1.165, 1.54) is 0 Å². The van der Waals surface area contributed by atoms with E-state index in [-0.39, 0.29) is 41.5 Å². The van der Waals surface area contributed by atoms with Gasteiger partial charge in [0.15, 0.2) is 15.8 Å². The van der Waals surface area contributed by atoms with Crippen molar-refractivity contribution in [1.29, 1.82) is 0 Å². The van der Waals surface area contributed by atoms with E-state index in [0.717, 1.165) is 5.57 Å². The third-order valence-corrected chi connectivity index (χ3v) is 6.85. The zero-order valence-electron chi connectivity index (χ0n) is 17.3. The number of sulfone groups is 1.